The summed E-state index contributed by atoms with van der Waals surface area (Å²) >= 11 is 0. The van der Waals surface area contributed by atoms with Gasteiger partial charge in [-0.1, -0.05) is 30.3 Å². The zero-order valence-electron chi connectivity index (χ0n) is 11.3. The Morgan fingerprint density at radius 3 is 2.23 bits per heavy atom. The Hall–Kier alpha value is -3.75. The second-order valence-electron chi connectivity index (χ2n) is 4.53. The Balaban J connectivity index is 2.43. The van der Waals surface area contributed by atoms with Gasteiger partial charge in [0.25, 0.3) is 0 Å². The van der Waals surface area contributed by atoms with Crippen LogP contribution in [-0.4, -0.2) is 11.4 Å². The van der Waals surface area contributed by atoms with Crippen LogP contribution >= 0.6 is 0 Å². The summed E-state index contributed by atoms with van der Waals surface area (Å²) in [5.74, 6) is 0. The van der Waals surface area contributed by atoms with Crippen molar-refractivity contribution in [3.8, 4) is 12.3 Å². The van der Waals surface area contributed by atoms with Crippen LogP contribution in [0.3, 0.4) is 0 Å². The molecule has 5 heteroatoms. The Morgan fingerprint density at radius 1 is 0.909 bits per heavy atom. The highest BCUT2D eigenvalue weighted by molar-refractivity contribution is 6.31. The summed E-state index contributed by atoms with van der Waals surface area (Å²) in [7, 11) is 0. The molecule has 100 valence electrons. The highest BCUT2D eigenvalue weighted by Gasteiger charge is 2.28. The van der Waals surface area contributed by atoms with Crippen molar-refractivity contribution >= 4 is 11.4 Å². The fourth-order valence-corrected chi connectivity index (χ4v) is 2.53. The first-order chi connectivity index (χ1) is 10.8. The van der Waals surface area contributed by atoms with Crippen molar-refractivity contribution < 1.29 is 0 Å². The molecule has 0 unspecified atom stereocenters. The summed E-state index contributed by atoms with van der Waals surface area (Å²) in [4.78, 5) is 7.06. The number of nitriles is 2. The van der Waals surface area contributed by atoms with Gasteiger partial charge < -0.3 is 0 Å². The van der Waals surface area contributed by atoms with Gasteiger partial charge >= 0.3 is 0 Å². The van der Waals surface area contributed by atoms with Crippen LogP contribution in [0.5, 0.6) is 0 Å². The third-order valence-electron chi connectivity index (χ3n) is 3.41. The predicted molar refractivity (Wildman–Crippen MR) is 81.1 cm³/mol. The zero-order valence-corrected chi connectivity index (χ0v) is 11.3. The lowest BCUT2D eigenvalue weighted by Crippen LogP contribution is -2.22. The minimum Gasteiger partial charge on any atom is -0.192 e. The van der Waals surface area contributed by atoms with Crippen LogP contribution in [-0.2, 0) is 0 Å². The molecule has 2 aromatic rings. The van der Waals surface area contributed by atoms with Crippen molar-refractivity contribution in [2.75, 3.05) is 0 Å². The van der Waals surface area contributed by atoms with Crippen molar-refractivity contribution in [1.29, 1.82) is 10.5 Å². The van der Waals surface area contributed by atoms with Gasteiger partial charge in [-0.2, -0.15) is 22.1 Å². The number of fused-ring (bicyclic) bond motifs is 2. The Morgan fingerprint density at radius 2 is 1.59 bits per heavy atom. The van der Waals surface area contributed by atoms with Gasteiger partial charge in [-0.3, -0.25) is 0 Å². The third kappa shape index (κ3) is 1.93. The average molecular weight is 281 g/mol. The summed E-state index contributed by atoms with van der Waals surface area (Å²) in [6, 6.07) is 14.5. The normalized spacial score (nSPS) is 15.3. The summed E-state index contributed by atoms with van der Waals surface area (Å²) in [6.45, 7) is 7.04. The van der Waals surface area contributed by atoms with Crippen LogP contribution in [0.4, 0.5) is 0 Å². The van der Waals surface area contributed by atoms with E-state index in [1.165, 1.54) is 0 Å². The summed E-state index contributed by atoms with van der Waals surface area (Å²) in [5.41, 5.74) is 4.31. The third-order valence-corrected chi connectivity index (χ3v) is 3.41. The molecule has 0 saturated carbocycles. The number of rotatable bonds is 0. The lowest BCUT2D eigenvalue weighted by Gasteiger charge is -2.20. The molecule has 0 spiro atoms. The van der Waals surface area contributed by atoms with Crippen LogP contribution in [0.25, 0.3) is 4.95 Å². The lowest BCUT2D eigenvalue weighted by molar-refractivity contribution is 1.38. The standard InChI is InChI=1S/C17H7N5/c1-20-22-17-13-5-3-2-4-12(13)16(21-10-19)14-7-6-11(9-18)8-15(14)17/h2-8H. The van der Waals surface area contributed by atoms with E-state index in [2.05, 4.69) is 21.1 Å². The Kier molecular flexibility index (Phi) is 3.20. The van der Waals surface area contributed by atoms with Gasteiger partial charge in [0, 0.05) is 22.3 Å². The number of aliphatic imine (C=N–C) groups is 1. The number of nitrogens with zero attached hydrogens (tertiary/aromatic N) is 5. The van der Waals surface area contributed by atoms with E-state index in [0.29, 0.717) is 28.1 Å². The van der Waals surface area contributed by atoms with Crippen molar-refractivity contribution in [3.63, 3.8) is 0 Å². The van der Waals surface area contributed by atoms with Gasteiger partial charge in [0.15, 0.2) is 5.71 Å². The lowest BCUT2D eigenvalue weighted by atomic mass is 9.82. The van der Waals surface area contributed by atoms with Crippen LogP contribution < -0.4 is 0 Å². The van der Waals surface area contributed by atoms with Crippen molar-refractivity contribution in [1.82, 2.24) is 0 Å². The van der Waals surface area contributed by atoms with E-state index in [-0.39, 0.29) is 0 Å². The van der Waals surface area contributed by atoms with Gasteiger partial charge in [0.05, 0.1) is 22.4 Å². The molecule has 22 heavy (non-hydrogen) atoms. The Bertz CT molecular complexity index is 962. The molecule has 5 nitrogen and oxygen atoms in total. The van der Waals surface area contributed by atoms with Gasteiger partial charge in [0.2, 0.25) is 6.19 Å². The van der Waals surface area contributed by atoms with E-state index >= 15 is 0 Å². The van der Waals surface area contributed by atoms with E-state index in [9.17, 15) is 0 Å². The largest absolute Gasteiger partial charge is 0.206 e. The van der Waals surface area contributed by atoms with Gasteiger partial charge in [-0.15, -0.1) is 4.95 Å². The fourth-order valence-electron chi connectivity index (χ4n) is 2.53. The fraction of sp³-hybridized carbons (Fsp3) is 0. The maximum atomic E-state index is 9.09. The summed E-state index contributed by atoms with van der Waals surface area (Å²) in [6.07, 6.45) is 1.82. The molecule has 0 aromatic heterocycles. The van der Waals surface area contributed by atoms with Crippen LogP contribution in [0.15, 0.2) is 52.6 Å². The monoisotopic (exact) mass is 281 g/mol. The van der Waals surface area contributed by atoms with Gasteiger partial charge in [0.1, 0.15) is 0 Å². The highest BCUT2D eigenvalue weighted by atomic mass is 15.2. The molecule has 1 aliphatic rings. The second-order valence-corrected chi connectivity index (χ2v) is 4.53. The maximum Gasteiger partial charge on any atom is 0.206 e. The Labute approximate surface area is 126 Å². The predicted octanol–water partition coefficient (Wildman–Crippen LogP) is 2.86. The minimum atomic E-state index is 0.465. The van der Waals surface area contributed by atoms with E-state index in [1.807, 2.05) is 30.5 Å². The summed E-state index contributed by atoms with van der Waals surface area (Å²) in [5, 5.41) is 22.0. The molecule has 0 saturated heterocycles. The molecule has 0 N–H and O–H groups in total. The quantitative estimate of drug-likeness (QED) is 0.361. The molecule has 0 fully saturated rings. The molecule has 0 amide bonds. The zero-order chi connectivity index (χ0) is 15.5. The van der Waals surface area contributed by atoms with Crippen LogP contribution in [0.1, 0.15) is 27.8 Å². The first-order valence-electron chi connectivity index (χ1n) is 6.36. The smallest absolute Gasteiger partial charge is 0.192 e. The molecular weight excluding hydrogens is 274 g/mol. The first-order valence-corrected chi connectivity index (χ1v) is 6.36. The first kappa shape index (κ1) is 13.2. The van der Waals surface area contributed by atoms with E-state index in [4.69, 9.17) is 17.1 Å². The molecule has 0 radical (unpaired) electrons. The number of benzene rings is 2. The van der Waals surface area contributed by atoms with Crippen LogP contribution in [0.2, 0.25) is 0 Å². The van der Waals surface area contributed by atoms with E-state index in [1.54, 1.807) is 18.2 Å². The maximum absolute atomic E-state index is 9.09. The molecule has 1 aliphatic carbocycles. The van der Waals surface area contributed by atoms with E-state index < -0.39 is 0 Å². The van der Waals surface area contributed by atoms with Crippen LogP contribution in [0, 0.1) is 29.4 Å². The molecule has 2 aromatic carbocycles. The van der Waals surface area contributed by atoms with E-state index in [0.717, 1.165) is 11.1 Å². The molecule has 0 heterocycles. The van der Waals surface area contributed by atoms with Crippen molar-refractivity contribution in [2.45, 2.75) is 0 Å². The molecule has 0 atom stereocenters. The molecular formula is C17H7N5. The second kappa shape index (κ2) is 5.32. The minimum absolute atomic E-state index is 0.465. The summed E-state index contributed by atoms with van der Waals surface area (Å²) < 4.78 is 0. The topological polar surface area (TPSA) is 76.7 Å². The molecule has 0 aliphatic heterocycles. The molecule has 0 bridgehead atoms. The van der Waals surface area contributed by atoms with Gasteiger partial charge in [-0.25, -0.2) is 0 Å². The van der Waals surface area contributed by atoms with Crippen molar-refractivity contribution in [2.24, 2.45) is 10.1 Å². The average Bonchev–Trinajstić information content (AvgIpc) is 2.57. The SMILES string of the molecule is [C-]#[N+]N=C1c2ccccc2C(=NC#N)c2ccc(C#N)cc21. The number of hydrogen-bond acceptors (Lipinski definition) is 4. The van der Waals surface area contributed by atoms with Gasteiger partial charge in [-0.05, 0) is 12.1 Å². The highest BCUT2D eigenvalue weighted by Crippen LogP contribution is 2.29. The van der Waals surface area contributed by atoms with Crippen molar-refractivity contribution in [3.05, 3.63) is 81.8 Å². The molecule has 3 rings (SSSR count). The number of hydrogen-bond donors (Lipinski definition) is 0.